The quantitative estimate of drug-likeness (QED) is 0.879. The highest BCUT2D eigenvalue weighted by atomic mass is 35.5. The molecule has 0 saturated heterocycles. The van der Waals surface area contributed by atoms with Gasteiger partial charge in [0.05, 0.1) is 10.7 Å². The molecule has 3 N–H and O–H groups in total. The second-order valence-corrected chi connectivity index (χ2v) is 5.48. The molecule has 1 aliphatic rings. The number of nitrogens with one attached hydrogen (secondary N) is 1. The molecular weight excluding hydrogens is 248 g/mol. The van der Waals surface area contributed by atoms with Gasteiger partial charge in [-0.05, 0) is 37.3 Å². The van der Waals surface area contributed by atoms with Gasteiger partial charge in [-0.2, -0.15) is 0 Å². The lowest BCUT2D eigenvalue weighted by Crippen LogP contribution is -2.48. The molecule has 0 heterocycles. The van der Waals surface area contributed by atoms with Crippen molar-refractivity contribution in [2.45, 2.75) is 38.1 Å². The zero-order chi connectivity index (χ0) is 13.2. The van der Waals surface area contributed by atoms with Gasteiger partial charge < -0.3 is 11.1 Å². The molecule has 2 rings (SSSR count). The van der Waals surface area contributed by atoms with Crippen LogP contribution in [0.15, 0.2) is 24.3 Å². The maximum Gasteiger partial charge on any atom is 0.243 e. The van der Waals surface area contributed by atoms with Crippen molar-refractivity contribution in [1.29, 1.82) is 0 Å². The van der Waals surface area contributed by atoms with E-state index in [1.807, 2.05) is 24.3 Å². The van der Waals surface area contributed by atoms with Gasteiger partial charge in [-0.15, -0.1) is 0 Å². The van der Waals surface area contributed by atoms with Gasteiger partial charge in [-0.1, -0.05) is 37.1 Å². The van der Waals surface area contributed by atoms with Crippen LogP contribution in [0, 0.1) is 5.92 Å². The molecule has 0 bridgehead atoms. The minimum Gasteiger partial charge on any atom is -0.370 e. The number of rotatable bonds is 4. The highest BCUT2D eigenvalue weighted by molar-refractivity contribution is 6.33. The summed E-state index contributed by atoms with van der Waals surface area (Å²) in [5.74, 6) is 0.283. The second kappa shape index (κ2) is 5.19. The molecule has 1 aliphatic carbocycles. The molecule has 1 aromatic rings. The smallest absolute Gasteiger partial charge is 0.243 e. The summed E-state index contributed by atoms with van der Waals surface area (Å²) < 4.78 is 0. The number of anilines is 1. The lowest BCUT2D eigenvalue weighted by Gasteiger charge is -2.29. The molecule has 1 saturated carbocycles. The van der Waals surface area contributed by atoms with Crippen molar-refractivity contribution in [3.63, 3.8) is 0 Å². The maximum absolute atomic E-state index is 11.8. The Hall–Kier alpha value is -1.22. The summed E-state index contributed by atoms with van der Waals surface area (Å²) in [5, 5.41) is 3.90. The predicted molar refractivity (Wildman–Crippen MR) is 74.6 cm³/mol. The van der Waals surface area contributed by atoms with Gasteiger partial charge in [0.2, 0.25) is 5.91 Å². The van der Waals surface area contributed by atoms with E-state index in [1.165, 1.54) is 0 Å². The van der Waals surface area contributed by atoms with Crippen molar-refractivity contribution in [1.82, 2.24) is 0 Å². The third-order valence-electron chi connectivity index (χ3n) is 3.91. The molecule has 1 amide bonds. The van der Waals surface area contributed by atoms with E-state index in [4.69, 9.17) is 17.3 Å². The van der Waals surface area contributed by atoms with E-state index in [2.05, 4.69) is 12.2 Å². The molecule has 0 aromatic heterocycles. The van der Waals surface area contributed by atoms with Crippen LogP contribution in [0.25, 0.3) is 0 Å². The minimum atomic E-state index is -0.633. The van der Waals surface area contributed by atoms with Crippen LogP contribution in [0.5, 0.6) is 0 Å². The third-order valence-corrected chi connectivity index (χ3v) is 4.24. The lowest BCUT2D eigenvalue weighted by atomic mass is 9.93. The molecule has 0 aliphatic heterocycles. The van der Waals surface area contributed by atoms with Gasteiger partial charge in [0.1, 0.15) is 5.54 Å². The number of carbonyl (C=O) groups excluding carboxylic acids is 1. The monoisotopic (exact) mass is 266 g/mol. The number of halogens is 1. The van der Waals surface area contributed by atoms with Gasteiger partial charge in [0.15, 0.2) is 0 Å². The van der Waals surface area contributed by atoms with Crippen molar-refractivity contribution in [2.75, 3.05) is 5.32 Å². The van der Waals surface area contributed by atoms with E-state index < -0.39 is 5.54 Å². The van der Waals surface area contributed by atoms with E-state index in [0.717, 1.165) is 31.4 Å². The van der Waals surface area contributed by atoms with Gasteiger partial charge in [0.25, 0.3) is 0 Å². The first-order valence-corrected chi connectivity index (χ1v) is 6.78. The SMILES string of the molecule is CCC1CCC(Nc2ccccc2Cl)(C(N)=O)C1. The average molecular weight is 267 g/mol. The molecule has 0 spiro atoms. The second-order valence-electron chi connectivity index (χ2n) is 5.07. The van der Waals surface area contributed by atoms with Gasteiger partial charge in [-0.25, -0.2) is 0 Å². The first-order valence-electron chi connectivity index (χ1n) is 6.40. The van der Waals surface area contributed by atoms with Gasteiger partial charge in [0, 0.05) is 0 Å². The maximum atomic E-state index is 11.8. The first-order chi connectivity index (χ1) is 8.57. The summed E-state index contributed by atoms with van der Waals surface area (Å²) in [6.07, 6.45) is 3.70. The Morgan fingerprint density at radius 2 is 2.28 bits per heavy atom. The fourth-order valence-corrected chi connectivity index (χ4v) is 2.90. The molecule has 2 unspecified atom stereocenters. The highest BCUT2D eigenvalue weighted by Gasteiger charge is 2.43. The largest absolute Gasteiger partial charge is 0.370 e. The molecule has 98 valence electrons. The number of hydrogen-bond donors (Lipinski definition) is 2. The lowest BCUT2D eigenvalue weighted by molar-refractivity contribution is -0.122. The number of carbonyl (C=O) groups is 1. The molecule has 2 atom stereocenters. The van der Waals surface area contributed by atoms with E-state index >= 15 is 0 Å². The zero-order valence-corrected chi connectivity index (χ0v) is 11.3. The van der Waals surface area contributed by atoms with Crippen LogP contribution in [-0.4, -0.2) is 11.4 Å². The fraction of sp³-hybridized carbons (Fsp3) is 0.500. The summed E-state index contributed by atoms with van der Waals surface area (Å²) in [5.41, 5.74) is 5.76. The summed E-state index contributed by atoms with van der Waals surface area (Å²) >= 11 is 6.12. The third kappa shape index (κ3) is 2.46. The zero-order valence-electron chi connectivity index (χ0n) is 10.6. The van der Waals surface area contributed by atoms with Crippen molar-refractivity contribution < 1.29 is 4.79 Å². The summed E-state index contributed by atoms with van der Waals surface area (Å²) in [6.45, 7) is 2.15. The Kier molecular flexibility index (Phi) is 3.81. The first kappa shape index (κ1) is 13.2. The fourth-order valence-electron chi connectivity index (χ4n) is 2.72. The van der Waals surface area contributed by atoms with E-state index in [9.17, 15) is 4.79 Å². The Morgan fingerprint density at radius 1 is 1.56 bits per heavy atom. The highest BCUT2D eigenvalue weighted by Crippen LogP contribution is 2.39. The minimum absolute atomic E-state index is 0.279. The van der Waals surface area contributed by atoms with Crippen molar-refractivity contribution in [2.24, 2.45) is 11.7 Å². The Bertz CT molecular complexity index is 449. The molecule has 18 heavy (non-hydrogen) atoms. The number of nitrogens with two attached hydrogens (primary N) is 1. The van der Waals surface area contributed by atoms with Gasteiger partial charge >= 0.3 is 0 Å². The normalized spacial score (nSPS) is 27.1. The molecule has 3 nitrogen and oxygen atoms in total. The number of primary amides is 1. The summed E-state index contributed by atoms with van der Waals surface area (Å²) in [6, 6.07) is 7.46. The topological polar surface area (TPSA) is 55.1 Å². The number of para-hydroxylation sites is 1. The number of amides is 1. The van der Waals surface area contributed by atoms with Crippen LogP contribution in [0.3, 0.4) is 0 Å². The standard InChI is InChI=1S/C14H19ClN2O/c1-2-10-7-8-14(9-10,13(16)18)17-12-6-4-3-5-11(12)15/h3-6,10,17H,2,7-9H2,1H3,(H2,16,18). The Balaban J connectivity index is 2.23. The number of hydrogen-bond acceptors (Lipinski definition) is 2. The Labute approximate surface area is 113 Å². The Morgan fingerprint density at radius 3 is 2.83 bits per heavy atom. The van der Waals surface area contributed by atoms with Crippen LogP contribution in [0.1, 0.15) is 32.6 Å². The van der Waals surface area contributed by atoms with Gasteiger partial charge in [-0.3, -0.25) is 4.79 Å². The van der Waals surface area contributed by atoms with Crippen LogP contribution < -0.4 is 11.1 Å². The molecule has 0 radical (unpaired) electrons. The van der Waals surface area contributed by atoms with Crippen LogP contribution in [-0.2, 0) is 4.79 Å². The van der Waals surface area contributed by atoms with Crippen LogP contribution >= 0.6 is 11.6 Å². The van der Waals surface area contributed by atoms with E-state index in [1.54, 1.807) is 0 Å². The van der Waals surface area contributed by atoms with Crippen molar-refractivity contribution in [3.05, 3.63) is 29.3 Å². The van der Waals surface area contributed by atoms with Crippen molar-refractivity contribution in [3.8, 4) is 0 Å². The van der Waals surface area contributed by atoms with E-state index in [0.29, 0.717) is 10.9 Å². The molecule has 4 heteroatoms. The predicted octanol–water partition coefficient (Wildman–Crippen LogP) is 3.19. The van der Waals surface area contributed by atoms with Crippen LogP contribution in [0.2, 0.25) is 5.02 Å². The summed E-state index contributed by atoms with van der Waals surface area (Å²) in [4.78, 5) is 11.8. The summed E-state index contributed by atoms with van der Waals surface area (Å²) in [7, 11) is 0. The average Bonchev–Trinajstić information content (AvgIpc) is 2.77. The van der Waals surface area contributed by atoms with E-state index in [-0.39, 0.29) is 5.91 Å². The van der Waals surface area contributed by atoms with Crippen LogP contribution in [0.4, 0.5) is 5.69 Å². The number of benzene rings is 1. The molecule has 1 fully saturated rings. The molecular formula is C14H19ClN2O. The van der Waals surface area contributed by atoms with Crippen molar-refractivity contribution >= 4 is 23.2 Å². The molecule has 1 aromatic carbocycles.